The number of amides is 1. The van der Waals surface area contributed by atoms with Gasteiger partial charge in [0.15, 0.2) is 5.82 Å². The largest absolute Gasteiger partial charge is 0.444 e. The van der Waals surface area contributed by atoms with Crippen LogP contribution in [-0.2, 0) is 4.74 Å². The second-order valence-corrected chi connectivity index (χ2v) is 7.88. The molecule has 0 aromatic carbocycles. The standard InChI is InChI=1S/C19H27N5O2/c1-12-7-8-20-11-16(12)22-17-10-15(23-24-17)13-5-6-14(9-13)21-18(25)26-19(2,3)4/h7-8,10-11,13-14H,5-6,9H2,1-4H3,(H,21,25)(H2,22,23,24)/t13-,14+/m0/s1. The fourth-order valence-electron chi connectivity index (χ4n) is 3.21. The lowest BCUT2D eigenvalue weighted by molar-refractivity contribution is 0.0505. The summed E-state index contributed by atoms with van der Waals surface area (Å²) in [6.07, 6.45) is 6.04. The van der Waals surface area contributed by atoms with Crippen molar-refractivity contribution in [2.45, 2.75) is 64.5 Å². The van der Waals surface area contributed by atoms with E-state index in [2.05, 4.69) is 25.8 Å². The molecule has 0 spiro atoms. The van der Waals surface area contributed by atoms with Crippen molar-refractivity contribution < 1.29 is 9.53 Å². The molecule has 1 saturated carbocycles. The lowest BCUT2D eigenvalue weighted by atomic mass is 10.0. The number of nitrogens with zero attached hydrogens (tertiary/aromatic N) is 2. The molecule has 7 nitrogen and oxygen atoms in total. The normalized spacial score (nSPS) is 20.0. The van der Waals surface area contributed by atoms with E-state index in [9.17, 15) is 4.79 Å². The van der Waals surface area contributed by atoms with E-state index in [0.29, 0.717) is 5.92 Å². The second-order valence-electron chi connectivity index (χ2n) is 7.88. The van der Waals surface area contributed by atoms with Gasteiger partial charge in [0.05, 0.1) is 11.9 Å². The molecule has 3 N–H and O–H groups in total. The number of anilines is 2. The van der Waals surface area contributed by atoms with E-state index in [1.807, 2.05) is 39.8 Å². The van der Waals surface area contributed by atoms with Gasteiger partial charge in [0, 0.05) is 29.9 Å². The van der Waals surface area contributed by atoms with E-state index in [0.717, 1.165) is 42.0 Å². The monoisotopic (exact) mass is 357 g/mol. The number of rotatable bonds is 4. The molecule has 3 rings (SSSR count). The van der Waals surface area contributed by atoms with Gasteiger partial charge >= 0.3 is 6.09 Å². The zero-order valence-electron chi connectivity index (χ0n) is 15.8. The Hall–Kier alpha value is -2.57. The Morgan fingerprint density at radius 3 is 2.88 bits per heavy atom. The summed E-state index contributed by atoms with van der Waals surface area (Å²) >= 11 is 0. The molecule has 1 fully saturated rings. The van der Waals surface area contributed by atoms with Crippen molar-refractivity contribution >= 4 is 17.6 Å². The van der Waals surface area contributed by atoms with Crippen LogP contribution in [0.5, 0.6) is 0 Å². The fraction of sp³-hybridized carbons (Fsp3) is 0.526. The number of nitrogens with one attached hydrogen (secondary N) is 3. The number of carbonyl (C=O) groups is 1. The molecule has 0 unspecified atom stereocenters. The van der Waals surface area contributed by atoms with Crippen molar-refractivity contribution in [1.29, 1.82) is 0 Å². The number of hydrogen-bond acceptors (Lipinski definition) is 5. The maximum absolute atomic E-state index is 11.9. The maximum Gasteiger partial charge on any atom is 0.407 e. The van der Waals surface area contributed by atoms with Crippen molar-refractivity contribution in [2.75, 3.05) is 5.32 Å². The van der Waals surface area contributed by atoms with Crippen molar-refractivity contribution in [3.8, 4) is 0 Å². The SMILES string of the molecule is Cc1ccncc1Nc1cc([C@H]2CC[C@@H](NC(=O)OC(C)(C)C)C2)[nH]n1. The van der Waals surface area contributed by atoms with E-state index in [-0.39, 0.29) is 12.1 Å². The van der Waals surface area contributed by atoms with Gasteiger partial charge in [-0.15, -0.1) is 0 Å². The van der Waals surface area contributed by atoms with Gasteiger partial charge in [0.25, 0.3) is 0 Å². The number of aromatic amines is 1. The molecule has 0 aliphatic heterocycles. The molecule has 2 aromatic heterocycles. The van der Waals surface area contributed by atoms with Crippen LogP contribution in [0.1, 0.15) is 57.2 Å². The molecule has 1 aliphatic rings. The molecule has 0 bridgehead atoms. The average molecular weight is 357 g/mol. The number of hydrogen-bond donors (Lipinski definition) is 3. The van der Waals surface area contributed by atoms with Crippen molar-refractivity contribution in [3.05, 3.63) is 35.8 Å². The van der Waals surface area contributed by atoms with Gasteiger partial charge in [-0.1, -0.05) is 0 Å². The highest BCUT2D eigenvalue weighted by Crippen LogP contribution is 2.34. The number of pyridine rings is 1. The minimum absolute atomic E-state index is 0.134. The summed E-state index contributed by atoms with van der Waals surface area (Å²) < 4.78 is 5.34. The van der Waals surface area contributed by atoms with Crippen LogP contribution in [0.2, 0.25) is 0 Å². The first-order valence-electron chi connectivity index (χ1n) is 9.02. The molecule has 140 valence electrons. The van der Waals surface area contributed by atoms with Gasteiger partial charge in [0.1, 0.15) is 5.60 Å². The third kappa shape index (κ3) is 4.74. The molecule has 0 radical (unpaired) electrons. The Labute approximate surface area is 153 Å². The number of alkyl carbamates (subject to hydrolysis) is 1. The molecule has 1 aliphatic carbocycles. The third-order valence-corrected chi connectivity index (χ3v) is 4.49. The lowest BCUT2D eigenvalue weighted by Gasteiger charge is -2.21. The van der Waals surface area contributed by atoms with Crippen LogP contribution in [0.3, 0.4) is 0 Å². The van der Waals surface area contributed by atoms with Crippen LogP contribution in [0.4, 0.5) is 16.3 Å². The van der Waals surface area contributed by atoms with E-state index >= 15 is 0 Å². The minimum Gasteiger partial charge on any atom is -0.444 e. The van der Waals surface area contributed by atoms with Crippen LogP contribution in [-0.4, -0.2) is 32.9 Å². The smallest absolute Gasteiger partial charge is 0.407 e. The van der Waals surface area contributed by atoms with Crippen LogP contribution in [0.25, 0.3) is 0 Å². The van der Waals surface area contributed by atoms with Gasteiger partial charge in [-0.2, -0.15) is 5.10 Å². The average Bonchev–Trinajstić information content (AvgIpc) is 3.17. The number of ether oxygens (including phenoxy) is 1. The van der Waals surface area contributed by atoms with E-state index in [1.54, 1.807) is 12.4 Å². The van der Waals surface area contributed by atoms with Gasteiger partial charge in [-0.25, -0.2) is 4.79 Å². The van der Waals surface area contributed by atoms with E-state index in [4.69, 9.17) is 4.74 Å². The van der Waals surface area contributed by atoms with Crippen LogP contribution >= 0.6 is 0 Å². The second kappa shape index (κ2) is 7.35. The summed E-state index contributed by atoms with van der Waals surface area (Å²) in [5.41, 5.74) is 2.67. The highest BCUT2D eigenvalue weighted by atomic mass is 16.6. The Morgan fingerprint density at radius 2 is 2.15 bits per heavy atom. The first kappa shape index (κ1) is 18.2. The summed E-state index contributed by atoms with van der Waals surface area (Å²) in [5, 5.41) is 13.7. The molecular weight excluding hydrogens is 330 g/mol. The first-order chi connectivity index (χ1) is 12.3. The quantitative estimate of drug-likeness (QED) is 0.769. The number of carbonyl (C=O) groups excluding carboxylic acids is 1. The lowest BCUT2D eigenvalue weighted by Crippen LogP contribution is -2.37. The molecule has 0 saturated heterocycles. The summed E-state index contributed by atoms with van der Waals surface area (Å²) in [5.74, 6) is 1.13. The zero-order chi connectivity index (χ0) is 18.7. The highest BCUT2D eigenvalue weighted by molar-refractivity contribution is 5.68. The maximum atomic E-state index is 11.9. The summed E-state index contributed by atoms with van der Waals surface area (Å²) in [6.45, 7) is 7.63. The molecule has 2 atom stereocenters. The first-order valence-corrected chi connectivity index (χ1v) is 9.02. The van der Waals surface area contributed by atoms with Crippen LogP contribution in [0.15, 0.2) is 24.5 Å². The fourth-order valence-corrected chi connectivity index (χ4v) is 3.21. The zero-order valence-corrected chi connectivity index (χ0v) is 15.8. The van der Waals surface area contributed by atoms with Gasteiger partial charge in [0.2, 0.25) is 0 Å². The summed E-state index contributed by atoms with van der Waals surface area (Å²) in [4.78, 5) is 16.1. The molecule has 26 heavy (non-hydrogen) atoms. The molecule has 1 amide bonds. The van der Waals surface area contributed by atoms with Crippen molar-refractivity contribution in [3.63, 3.8) is 0 Å². The molecular formula is C19H27N5O2. The van der Waals surface area contributed by atoms with Gasteiger partial charge in [-0.3, -0.25) is 10.1 Å². The van der Waals surface area contributed by atoms with E-state index in [1.165, 1.54) is 0 Å². The third-order valence-electron chi connectivity index (χ3n) is 4.49. The topological polar surface area (TPSA) is 91.9 Å². The number of aryl methyl sites for hydroxylation is 1. The number of aromatic nitrogens is 3. The number of H-pyrrole nitrogens is 1. The molecule has 2 aromatic rings. The Balaban J connectivity index is 1.56. The van der Waals surface area contributed by atoms with E-state index < -0.39 is 5.60 Å². The summed E-state index contributed by atoms with van der Waals surface area (Å²) in [7, 11) is 0. The highest BCUT2D eigenvalue weighted by Gasteiger charge is 2.29. The Bertz CT molecular complexity index is 765. The molecule has 7 heteroatoms. The van der Waals surface area contributed by atoms with Gasteiger partial charge in [-0.05, 0) is 58.6 Å². The Kier molecular flexibility index (Phi) is 5.15. The van der Waals surface area contributed by atoms with Gasteiger partial charge < -0.3 is 15.4 Å². The predicted octanol–water partition coefficient (Wildman–Crippen LogP) is 4.02. The minimum atomic E-state index is -0.476. The van der Waals surface area contributed by atoms with Crippen LogP contribution in [0, 0.1) is 6.92 Å². The Morgan fingerprint density at radius 1 is 1.35 bits per heavy atom. The summed E-state index contributed by atoms with van der Waals surface area (Å²) in [6, 6.07) is 4.13. The van der Waals surface area contributed by atoms with Crippen LogP contribution < -0.4 is 10.6 Å². The van der Waals surface area contributed by atoms with Crippen molar-refractivity contribution in [1.82, 2.24) is 20.5 Å². The predicted molar refractivity (Wildman–Crippen MR) is 101 cm³/mol. The molecule has 2 heterocycles. The van der Waals surface area contributed by atoms with Crippen molar-refractivity contribution in [2.24, 2.45) is 0 Å².